The Bertz CT molecular complexity index is 1850. The molecule has 10 heteroatoms. The van der Waals surface area contributed by atoms with Crippen LogP contribution in [0.25, 0.3) is 0 Å². The van der Waals surface area contributed by atoms with Crippen LogP contribution in [0, 0.1) is 0 Å². The SMILES string of the molecule is CCCCCCCCC=CCCCCCCCCN1CCCN=C1CN(CCN(CC1=NCCCN1CCCCCCCCC=CCCCCCCCC)CC1=NCCCN1CCCCCCCCC=CCCCCCCCC)CC1=NCCCN1CCCCCCCCC=CCCCCCCCC. The Morgan fingerprint density at radius 1 is 0.221 bits per heavy atom. The highest BCUT2D eigenvalue weighted by atomic mass is 15.3. The van der Waals surface area contributed by atoms with Gasteiger partial charge in [0.1, 0.15) is 23.3 Å². The van der Waals surface area contributed by atoms with Crippen LogP contribution in [0.3, 0.4) is 0 Å². The molecule has 0 amide bonds. The van der Waals surface area contributed by atoms with E-state index in [2.05, 4.69) is 106 Å². The van der Waals surface area contributed by atoms with Crippen LogP contribution in [0.2, 0.25) is 0 Å². The molecule has 0 unspecified atom stereocenters. The van der Waals surface area contributed by atoms with Crippen molar-refractivity contribution in [3.05, 3.63) is 48.6 Å². The first kappa shape index (κ1) is 93.1. The molecule has 602 valence electrons. The topological polar surface area (TPSA) is 68.9 Å². The van der Waals surface area contributed by atoms with Gasteiger partial charge in [0.15, 0.2) is 0 Å². The maximum atomic E-state index is 5.44. The highest BCUT2D eigenvalue weighted by molar-refractivity contribution is 5.89. The molecule has 0 spiro atoms. The van der Waals surface area contributed by atoms with E-state index in [0.29, 0.717) is 0 Å². The number of hydrogen-bond acceptors (Lipinski definition) is 10. The van der Waals surface area contributed by atoms with Gasteiger partial charge in [0.25, 0.3) is 0 Å². The second-order valence-electron chi connectivity index (χ2n) is 32.7. The van der Waals surface area contributed by atoms with Crippen LogP contribution >= 0.6 is 0 Å². The molecule has 4 aliphatic rings. The van der Waals surface area contributed by atoms with Crippen LogP contribution in [-0.2, 0) is 0 Å². The minimum Gasteiger partial charge on any atom is -0.359 e. The molecule has 0 N–H and O–H groups in total. The molecule has 0 radical (unpaired) electrons. The third-order valence-corrected chi connectivity index (χ3v) is 22.9. The predicted molar refractivity (Wildman–Crippen MR) is 465 cm³/mol. The molecule has 104 heavy (non-hydrogen) atoms. The first-order chi connectivity index (χ1) is 51.6. The van der Waals surface area contributed by atoms with Gasteiger partial charge in [-0.05, 0) is 154 Å². The van der Waals surface area contributed by atoms with Crippen molar-refractivity contribution in [3.8, 4) is 0 Å². The van der Waals surface area contributed by atoms with Crippen LogP contribution in [0.4, 0.5) is 0 Å². The largest absolute Gasteiger partial charge is 0.359 e. The lowest BCUT2D eigenvalue weighted by molar-refractivity contribution is 0.238. The van der Waals surface area contributed by atoms with Gasteiger partial charge >= 0.3 is 0 Å². The van der Waals surface area contributed by atoms with Crippen molar-refractivity contribution in [1.29, 1.82) is 0 Å². The molecule has 0 aromatic carbocycles. The first-order valence-corrected chi connectivity index (χ1v) is 46.8. The molecule has 0 aliphatic carbocycles. The van der Waals surface area contributed by atoms with E-state index in [1.807, 2.05) is 0 Å². The molecule has 4 heterocycles. The van der Waals surface area contributed by atoms with E-state index < -0.39 is 0 Å². The lowest BCUT2D eigenvalue weighted by atomic mass is 10.1. The summed E-state index contributed by atoms with van der Waals surface area (Å²) >= 11 is 0. The summed E-state index contributed by atoms with van der Waals surface area (Å²) in [4.78, 5) is 38.2. The number of hydrogen-bond donors (Lipinski definition) is 0. The van der Waals surface area contributed by atoms with Crippen molar-refractivity contribution in [2.24, 2.45) is 20.0 Å². The molecule has 0 bridgehead atoms. The quantitative estimate of drug-likeness (QED) is 0.0446. The van der Waals surface area contributed by atoms with Gasteiger partial charge in [0, 0.05) is 91.6 Å². The summed E-state index contributed by atoms with van der Waals surface area (Å²) in [6, 6.07) is 0. The van der Waals surface area contributed by atoms with Crippen molar-refractivity contribution >= 4 is 23.3 Å². The fraction of sp³-hybridized carbons (Fsp3) is 0.872. The van der Waals surface area contributed by atoms with Crippen LogP contribution in [0.15, 0.2) is 68.6 Å². The zero-order valence-corrected chi connectivity index (χ0v) is 70.2. The summed E-state index contributed by atoms with van der Waals surface area (Å²) in [5.41, 5.74) is 0. The van der Waals surface area contributed by atoms with Crippen LogP contribution < -0.4 is 0 Å². The van der Waals surface area contributed by atoms with Gasteiger partial charge in [0.2, 0.25) is 0 Å². The van der Waals surface area contributed by atoms with Gasteiger partial charge in [0.05, 0.1) is 26.2 Å². The average molecular weight is 1450 g/mol. The Balaban J connectivity index is 1.40. The summed E-state index contributed by atoms with van der Waals surface area (Å²) in [5, 5.41) is 0. The molecule has 0 aromatic heterocycles. The zero-order valence-electron chi connectivity index (χ0n) is 70.2. The van der Waals surface area contributed by atoms with E-state index in [1.165, 1.54) is 409 Å². The Kier molecular flexibility index (Phi) is 63.9. The molecule has 0 atom stereocenters. The first-order valence-electron chi connectivity index (χ1n) is 46.8. The van der Waals surface area contributed by atoms with Crippen LogP contribution in [0.5, 0.6) is 0 Å². The maximum absolute atomic E-state index is 5.44. The van der Waals surface area contributed by atoms with Crippen molar-refractivity contribution in [2.45, 2.75) is 413 Å². The molecule has 0 saturated heterocycles. The fourth-order valence-corrected chi connectivity index (χ4v) is 16.1. The second kappa shape index (κ2) is 71.4. The van der Waals surface area contributed by atoms with Crippen molar-refractivity contribution in [2.75, 3.05) is 118 Å². The summed E-state index contributed by atoms with van der Waals surface area (Å²) in [5.74, 6) is 5.35. The van der Waals surface area contributed by atoms with Gasteiger partial charge < -0.3 is 19.6 Å². The van der Waals surface area contributed by atoms with Gasteiger partial charge in [-0.25, -0.2) is 0 Å². The number of allylic oxidation sites excluding steroid dienone is 8. The highest BCUT2D eigenvalue weighted by Gasteiger charge is 2.27. The van der Waals surface area contributed by atoms with E-state index in [9.17, 15) is 0 Å². The molecule has 4 rings (SSSR count). The normalized spacial score (nSPS) is 15.6. The smallest absolute Gasteiger partial charge is 0.113 e. The standard InChI is InChI=1S/C94H176N10/c1-5-9-13-17-21-25-29-33-37-41-45-49-53-57-61-65-77-101-81-69-73-95-91(101)87-99(88-92-96-74-70-82-102(92)78-66-62-58-54-50-46-42-38-34-30-26-22-18-14-10-6-2)85-86-100(89-93-97-75-71-83-103(93)79-67-63-59-55-51-47-43-39-35-31-27-23-19-15-11-7-3)90-94-98-76-72-84-104(94)80-68-64-60-56-52-48-44-40-36-32-28-24-20-16-12-8-4/h33-40H,5-32,41-90H2,1-4H3. The van der Waals surface area contributed by atoms with E-state index in [1.54, 1.807) is 0 Å². The number of aliphatic imine (C=N–C) groups is 4. The third kappa shape index (κ3) is 52.8. The summed E-state index contributed by atoms with van der Waals surface area (Å²) in [7, 11) is 0. The number of amidine groups is 4. The third-order valence-electron chi connectivity index (χ3n) is 22.9. The molecular formula is C94H176N10. The van der Waals surface area contributed by atoms with E-state index in [4.69, 9.17) is 20.0 Å². The van der Waals surface area contributed by atoms with Crippen LogP contribution in [0.1, 0.15) is 413 Å². The van der Waals surface area contributed by atoms with E-state index in [-0.39, 0.29) is 0 Å². The second-order valence-corrected chi connectivity index (χ2v) is 32.7. The fourth-order valence-electron chi connectivity index (χ4n) is 16.1. The summed E-state index contributed by atoms with van der Waals surface area (Å²) in [6.45, 7) is 27.9. The number of unbranched alkanes of at least 4 members (excludes halogenated alkanes) is 48. The van der Waals surface area contributed by atoms with E-state index in [0.717, 1.165) is 118 Å². The summed E-state index contributed by atoms with van der Waals surface area (Å²) < 4.78 is 0. The van der Waals surface area contributed by atoms with Crippen LogP contribution in [-0.4, -0.2) is 171 Å². The van der Waals surface area contributed by atoms with E-state index >= 15 is 0 Å². The van der Waals surface area contributed by atoms with Gasteiger partial charge in [-0.2, -0.15) is 0 Å². The van der Waals surface area contributed by atoms with Crippen molar-refractivity contribution in [3.63, 3.8) is 0 Å². The predicted octanol–water partition coefficient (Wildman–Crippen LogP) is 26.2. The van der Waals surface area contributed by atoms with Gasteiger partial charge in [-0.3, -0.25) is 29.8 Å². The maximum Gasteiger partial charge on any atom is 0.113 e. The molecule has 0 fully saturated rings. The van der Waals surface area contributed by atoms with Gasteiger partial charge in [-0.1, -0.05) is 307 Å². The summed E-state index contributed by atoms with van der Waals surface area (Å²) in [6.07, 6.45) is 100. The minimum absolute atomic E-state index is 0.910. The Morgan fingerprint density at radius 2 is 0.385 bits per heavy atom. The Labute approximate surface area is 648 Å². The lowest BCUT2D eigenvalue weighted by Gasteiger charge is -2.38. The highest BCUT2D eigenvalue weighted by Crippen LogP contribution is 2.20. The molecule has 10 nitrogen and oxygen atoms in total. The van der Waals surface area contributed by atoms with Crippen molar-refractivity contribution in [1.82, 2.24) is 29.4 Å². The Morgan fingerprint density at radius 3 is 0.567 bits per heavy atom. The lowest BCUT2D eigenvalue weighted by Crippen LogP contribution is -2.52. The number of nitrogens with zero attached hydrogens (tertiary/aromatic N) is 10. The average Bonchev–Trinajstić information content (AvgIpc) is 0.858. The molecule has 0 aromatic rings. The molecule has 4 aliphatic heterocycles. The Hall–Kier alpha value is -3.24. The molecular weight excluding hydrogens is 1270 g/mol. The zero-order chi connectivity index (χ0) is 73.4. The molecule has 0 saturated carbocycles. The monoisotopic (exact) mass is 1450 g/mol. The minimum atomic E-state index is 0.910. The van der Waals surface area contributed by atoms with Crippen molar-refractivity contribution < 1.29 is 0 Å². The van der Waals surface area contributed by atoms with Gasteiger partial charge in [-0.15, -0.1) is 0 Å². The number of rotatable bonds is 75.